The first kappa shape index (κ1) is 38.6. The molecule has 322 valence electrons. The van der Waals surface area contributed by atoms with Crippen LogP contribution in [0.3, 0.4) is 0 Å². The third-order valence-electron chi connectivity index (χ3n) is 15.9. The van der Waals surface area contributed by atoms with E-state index in [4.69, 9.17) is 14.1 Å². The van der Waals surface area contributed by atoms with Crippen LogP contribution in [0.1, 0.15) is 80.5 Å². The van der Waals surface area contributed by atoms with E-state index in [2.05, 4.69) is 204 Å². The van der Waals surface area contributed by atoms with Gasteiger partial charge in [-0.3, -0.25) is 4.98 Å². The number of fused-ring (bicyclic) bond motifs is 19. The summed E-state index contributed by atoms with van der Waals surface area (Å²) in [7, 11) is 0. The normalized spacial score (nSPS) is 15.7. The minimum absolute atomic E-state index is 0.220. The molecule has 0 saturated carbocycles. The molecule has 10 aromatic rings. The van der Waals surface area contributed by atoms with Crippen molar-refractivity contribution in [1.29, 1.82) is 0 Å². The van der Waals surface area contributed by atoms with E-state index >= 15 is 0 Å². The van der Waals surface area contributed by atoms with Gasteiger partial charge in [0.05, 0.1) is 5.69 Å². The Hall–Kier alpha value is -7.69. The lowest BCUT2D eigenvalue weighted by atomic mass is 9.72. The summed E-state index contributed by atoms with van der Waals surface area (Å²) in [5.41, 5.74) is 25.7. The number of furan rings is 1. The summed E-state index contributed by atoms with van der Waals surface area (Å²) in [6.45, 7) is 15.0. The SMILES string of the molecule is CC1(C)c2cc(N(c3ccccc3)c3ccc4c(c3)C(C)(C)c3c5c(c6oc7ccccc7c6c3-4)-c3ccccc3C5(C)C)ccc2-c2c1cc(-c1ccccn1)c1c2-c2ccccc2CO1. The first-order valence-electron chi connectivity index (χ1n) is 23.6. The Kier molecular flexibility index (Phi) is 7.62. The van der Waals surface area contributed by atoms with Gasteiger partial charge in [-0.15, -0.1) is 0 Å². The number of hydrogen-bond donors (Lipinski definition) is 0. The van der Waals surface area contributed by atoms with Crippen molar-refractivity contribution in [2.45, 2.75) is 64.4 Å². The maximum atomic E-state index is 6.97. The molecule has 0 fully saturated rings. The van der Waals surface area contributed by atoms with Crippen molar-refractivity contribution in [3.63, 3.8) is 0 Å². The van der Waals surface area contributed by atoms with Crippen LogP contribution in [0.2, 0.25) is 0 Å². The van der Waals surface area contributed by atoms with E-state index in [1.165, 1.54) is 88.7 Å². The fourth-order valence-electron chi connectivity index (χ4n) is 12.8. The highest BCUT2D eigenvalue weighted by molar-refractivity contribution is 6.21. The Morgan fingerprint density at radius 3 is 1.87 bits per heavy atom. The Balaban J connectivity index is 0.976. The summed E-state index contributed by atoms with van der Waals surface area (Å²) in [6, 6.07) is 60.0. The summed E-state index contributed by atoms with van der Waals surface area (Å²) in [6.07, 6.45) is 1.88. The fourth-order valence-corrected chi connectivity index (χ4v) is 12.8. The van der Waals surface area contributed by atoms with Crippen LogP contribution in [0.15, 0.2) is 174 Å². The Morgan fingerprint density at radius 2 is 1.09 bits per heavy atom. The molecular formula is C63H48N2O2. The van der Waals surface area contributed by atoms with Gasteiger partial charge in [0.25, 0.3) is 0 Å². The molecule has 2 aromatic heterocycles. The first-order chi connectivity index (χ1) is 32.5. The molecule has 0 unspecified atom stereocenters. The Bertz CT molecular complexity index is 3780. The Labute approximate surface area is 391 Å². The highest BCUT2D eigenvalue weighted by Crippen LogP contribution is 2.64. The zero-order valence-electron chi connectivity index (χ0n) is 38.6. The van der Waals surface area contributed by atoms with Crippen molar-refractivity contribution in [2.24, 2.45) is 0 Å². The third kappa shape index (κ3) is 5.00. The first-order valence-corrected chi connectivity index (χ1v) is 23.6. The van der Waals surface area contributed by atoms with Gasteiger partial charge < -0.3 is 14.1 Å². The van der Waals surface area contributed by atoms with Crippen LogP contribution in [0.4, 0.5) is 17.1 Å². The molecule has 1 aliphatic heterocycles. The molecule has 8 aromatic carbocycles. The zero-order valence-corrected chi connectivity index (χ0v) is 38.6. The number of hydrogen-bond acceptors (Lipinski definition) is 4. The molecule has 67 heavy (non-hydrogen) atoms. The summed E-state index contributed by atoms with van der Waals surface area (Å²) in [4.78, 5) is 7.31. The molecule has 0 spiro atoms. The predicted molar refractivity (Wildman–Crippen MR) is 274 cm³/mol. The van der Waals surface area contributed by atoms with E-state index in [0.717, 1.165) is 50.8 Å². The average molecular weight is 865 g/mol. The highest BCUT2D eigenvalue weighted by Gasteiger charge is 2.49. The van der Waals surface area contributed by atoms with E-state index in [0.29, 0.717) is 6.61 Å². The molecule has 0 amide bonds. The van der Waals surface area contributed by atoms with Gasteiger partial charge in [0, 0.05) is 67.0 Å². The number of pyridine rings is 1. The quantitative estimate of drug-likeness (QED) is 0.177. The zero-order chi connectivity index (χ0) is 45.1. The smallest absolute Gasteiger partial charge is 0.144 e. The molecule has 14 rings (SSSR count). The van der Waals surface area contributed by atoms with Crippen molar-refractivity contribution in [3.8, 4) is 61.5 Å². The van der Waals surface area contributed by atoms with Crippen molar-refractivity contribution in [3.05, 3.63) is 209 Å². The second-order valence-corrected chi connectivity index (χ2v) is 20.6. The lowest BCUT2D eigenvalue weighted by Gasteiger charge is -2.32. The third-order valence-corrected chi connectivity index (χ3v) is 15.9. The van der Waals surface area contributed by atoms with Crippen molar-refractivity contribution in [1.82, 2.24) is 4.98 Å². The number of para-hydroxylation sites is 2. The van der Waals surface area contributed by atoms with E-state index in [-0.39, 0.29) is 16.2 Å². The number of rotatable bonds is 4. The van der Waals surface area contributed by atoms with E-state index in [9.17, 15) is 0 Å². The van der Waals surface area contributed by atoms with Crippen molar-refractivity contribution in [2.75, 3.05) is 4.90 Å². The summed E-state index contributed by atoms with van der Waals surface area (Å²) in [5, 5.41) is 2.39. The van der Waals surface area contributed by atoms with Crippen LogP contribution < -0.4 is 9.64 Å². The molecule has 4 aliphatic rings. The summed E-state index contributed by atoms with van der Waals surface area (Å²) in [5.74, 6) is 0.912. The number of ether oxygens (including phenoxy) is 1. The minimum atomic E-state index is -0.320. The molecule has 0 saturated heterocycles. The van der Waals surface area contributed by atoms with E-state index < -0.39 is 0 Å². The largest absolute Gasteiger partial charge is 0.487 e. The van der Waals surface area contributed by atoms with Crippen LogP contribution in [0, 0.1) is 0 Å². The average Bonchev–Trinajstić information content (AvgIpc) is 4.00. The number of anilines is 3. The molecule has 3 heterocycles. The van der Waals surface area contributed by atoms with Crippen LogP contribution in [-0.2, 0) is 22.9 Å². The predicted octanol–water partition coefficient (Wildman–Crippen LogP) is 16.6. The molecule has 0 atom stereocenters. The topological polar surface area (TPSA) is 38.5 Å². The van der Waals surface area contributed by atoms with Gasteiger partial charge in [-0.05, 0) is 133 Å². The standard InChI is InChI=1S/C63H48N2O2/c1-61(2)47-32-38(27-29-42(47)52-49(61)34-45(50-25-16-17-31-64-50)59-54(52)40-21-11-10-18-36(40)35-66-59)65(37-19-8-7-9-20-37)39-28-30-43-48(33-39)63(5,6)57-53(43)55-44-23-13-15-26-51(44)67-60(55)56-41-22-12-14-24-46(41)62(3,4)58(56)57/h7-34H,35H2,1-6H3. The lowest BCUT2D eigenvalue weighted by molar-refractivity contribution is 0.303. The van der Waals surface area contributed by atoms with Gasteiger partial charge in [-0.2, -0.15) is 0 Å². The van der Waals surface area contributed by atoms with Gasteiger partial charge in [0.2, 0.25) is 0 Å². The molecule has 4 heteroatoms. The van der Waals surface area contributed by atoms with Crippen molar-refractivity contribution >= 4 is 39.0 Å². The molecule has 3 aliphatic carbocycles. The van der Waals surface area contributed by atoms with Crippen LogP contribution in [0.5, 0.6) is 5.75 Å². The monoisotopic (exact) mass is 864 g/mol. The fraction of sp³-hybridized carbons (Fsp3) is 0.159. The number of aromatic nitrogens is 1. The second-order valence-electron chi connectivity index (χ2n) is 20.6. The van der Waals surface area contributed by atoms with Gasteiger partial charge >= 0.3 is 0 Å². The molecule has 0 bridgehead atoms. The van der Waals surface area contributed by atoms with Gasteiger partial charge in [0.1, 0.15) is 23.5 Å². The van der Waals surface area contributed by atoms with E-state index in [1.54, 1.807) is 0 Å². The lowest BCUT2D eigenvalue weighted by Crippen LogP contribution is -2.24. The van der Waals surface area contributed by atoms with E-state index in [1.807, 2.05) is 12.3 Å². The summed E-state index contributed by atoms with van der Waals surface area (Å²) >= 11 is 0. The molecule has 0 radical (unpaired) electrons. The molecular weight excluding hydrogens is 817 g/mol. The van der Waals surface area contributed by atoms with Crippen LogP contribution in [-0.4, -0.2) is 4.98 Å². The maximum absolute atomic E-state index is 6.97. The van der Waals surface area contributed by atoms with Gasteiger partial charge in [0.15, 0.2) is 0 Å². The van der Waals surface area contributed by atoms with Crippen LogP contribution >= 0.6 is 0 Å². The van der Waals surface area contributed by atoms with Gasteiger partial charge in [-0.25, -0.2) is 0 Å². The molecule has 0 N–H and O–H groups in total. The summed E-state index contributed by atoms with van der Waals surface area (Å²) < 4.78 is 13.7. The number of benzene rings is 8. The second kappa shape index (κ2) is 13.2. The maximum Gasteiger partial charge on any atom is 0.144 e. The Morgan fingerprint density at radius 1 is 0.463 bits per heavy atom. The van der Waals surface area contributed by atoms with Gasteiger partial charge in [-0.1, -0.05) is 145 Å². The highest BCUT2D eigenvalue weighted by atomic mass is 16.5. The van der Waals surface area contributed by atoms with Crippen molar-refractivity contribution < 1.29 is 9.15 Å². The number of nitrogens with zero attached hydrogens (tertiary/aromatic N) is 2. The minimum Gasteiger partial charge on any atom is -0.487 e. The van der Waals surface area contributed by atoms with Crippen LogP contribution in [0.25, 0.3) is 77.7 Å². The molecule has 4 nitrogen and oxygen atoms in total.